The molecule has 1 N–H and O–H groups in total. The van der Waals surface area contributed by atoms with Gasteiger partial charge in [-0.05, 0) is 48.4 Å². The van der Waals surface area contributed by atoms with Crippen LogP contribution in [0.25, 0.3) is 0 Å². The van der Waals surface area contributed by atoms with Gasteiger partial charge in [0.25, 0.3) is 0 Å². The summed E-state index contributed by atoms with van der Waals surface area (Å²) in [6, 6.07) is 5.31. The van der Waals surface area contributed by atoms with Crippen molar-refractivity contribution >= 4 is 17.5 Å². The summed E-state index contributed by atoms with van der Waals surface area (Å²) in [6.45, 7) is 2.66. The largest absolute Gasteiger partial charge is 0.493 e. The van der Waals surface area contributed by atoms with Crippen LogP contribution in [-0.4, -0.2) is 25.2 Å². The van der Waals surface area contributed by atoms with Gasteiger partial charge in [-0.25, -0.2) is 0 Å². The normalized spacial score (nSPS) is 20.2. The number of hydrogen-bond donors (Lipinski definition) is 1. The number of halogens is 4. The molecule has 1 amide bonds. The lowest BCUT2D eigenvalue weighted by Gasteiger charge is -2.12. The van der Waals surface area contributed by atoms with E-state index in [1.165, 1.54) is 0 Å². The van der Waals surface area contributed by atoms with E-state index in [1.54, 1.807) is 18.2 Å². The molecule has 1 aromatic rings. The van der Waals surface area contributed by atoms with Crippen LogP contribution in [0.2, 0.25) is 5.02 Å². The van der Waals surface area contributed by atoms with Gasteiger partial charge in [0.1, 0.15) is 5.75 Å². The van der Waals surface area contributed by atoms with Gasteiger partial charge in [0.05, 0.1) is 6.61 Å². The highest BCUT2D eigenvalue weighted by Gasteiger charge is 2.43. The second-order valence-corrected chi connectivity index (χ2v) is 6.13. The second kappa shape index (κ2) is 7.43. The van der Waals surface area contributed by atoms with E-state index in [1.807, 2.05) is 5.32 Å². The SMILES string of the molecule is CCCCOc1ccc(Cl)cc1C1CC1CNC(=O)C(F)(F)F. The van der Waals surface area contributed by atoms with Gasteiger partial charge in [-0.3, -0.25) is 4.79 Å². The molecule has 3 nitrogen and oxygen atoms in total. The van der Waals surface area contributed by atoms with Gasteiger partial charge in [0.2, 0.25) is 0 Å². The predicted molar refractivity (Wildman–Crippen MR) is 81.8 cm³/mol. The number of carbonyl (C=O) groups is 1. The van der Waals surface area contributed by atoms with Gasteiger partial charge in [0.15, 0.2) is 0 Å². The Hall–Kier alpha value is -1.43. The van der Waals surface area contributed by atoms with Crippen LogP contribution in [0.15, 0.2) is 18.2 Å². The summed E-state index contributed by atoms with van der Waals surface area (Å²) in [6.07, 6.45) is -2.19. The van der Waals surface area contributed by atoms with E-state index >= 15 is 0 Å². The zero-order chi connectivity index (χ0) is 17.0. The molecule has 1 aliphatic rings. The molecule has 0 bridgehead atoms. The number of amides is 1. The molecule has 2 unspecified atom stereocenters. The molecule has 0 saturated heterocycles. The average molecular weight is 350 g/mol. The van der Waals surface area contributed by atoms with Crippen molar-refractivity contribution in [2.45, 2.75) is 38.3 Å². The summed E-state index contributed by atoms with van der Waals surface area (Å²) in [7, 11) is 0. The van der Waals surface area contributed by atoms with Crippen LogP contribution < -0.4 is 10.1 Å². The van der Waals surface area contributed by atoms with Gasteiger partial charge in [-0.1, -0.05) is 24.9 Å². The maximum Gasteiger partial charge on any atom is 0.471 e. The molecular formula is C16H19ClF3NO2. The van der Waals surface area contributed by atoms with Crippen LogP contribution in [0.5, 0.6) is 5.75 Å². The first-order valence-corrected chi connectivity index (χ1v) is 7.98. The van der Waals surface area contributed by atoms with Gasteiger partial charge in [-0.2, -0.15) is 13.2 Å². The molecule has 1 aliphatic carbocycles. The zero-order valence-electron chi connectivity index (χ0n) is 12.8. The molecule has 1 saturated carbocycles. The Bertz CT molecular complexity index is 563. The first kappa shape index (κ1) is 17.9. The number of nitrogens with one attached hydrogen (secondary N) is 1. The third-order valence-corrected chi connectivity index (χ3v) is 4.07. The van der Waals surface area contributed by atoms with E-state index in [-0.39, 0.29) is 18.4 Å². The second-order valence-electron chi connectivity index (χ2n) is 5.69. The van der Waals surface area contributed by atoms with Crippen molar-refractivity contribution in [3.8, 4) is 5.75 Å². The van der Waals surface area contributed by atoms with E-state index in [0.717, 1.165) is 24.2 Å². The van der Waals surface area contributed by atoms with Crippen LogP contribution in [0.1, 0.15) is 37.7 Å². The Morgan fingerprint density at radius 1 is 1.43 bits per heavy atom. The van der Waals surface area contributed by atoms with E-state index in [9.17, 15) is 18.0 Å². The minimum atomic E-state index is -4.84. The van der Waals surface area contributed by atoms with E-state index in [0.29, 0.717) is 18.1 Å². The van der Waals surface area contributed by atoms with Crippen LogP contribution >= 0.6 is 11.6 Å². The standard InChI is InChI=1S/C16H19ClF3NO2/c1-2-3-6-23-14-5-4-11(17)8-13(14)12-7-10(12)9-21-15(22)16(18,19)20/h4-5,8,10,12H,2-3,6-7,9H2,1H3,(H,21,22). The molecule has 0 aliphatic heterocycles. The van der Waals surface area contributed by atoms with Crippen molar-refractivity contribution in [3.05, 3.63) is 28.8 Å². The lowest BCUT2D eigenvalue weighted by molar-refractivity contribution is -0.173. The molecule has 0 aromatic heterocycles. The Morgan fingerprint density at radius 3 is 2.83 bits per heavy atom. The van der Waals surface area contributed by atoms with Gasteiger partial charge >= 0.3 is 12.1 Å². The summed E-state index contributed by atoms with van der Waals surface area (Å²) in [4.78, 5) is 10.9. The lowest BCUT2D eigenvalue weighted by atomic mass is 10.1. The van der Waals surface area contributed by atoms with Gasteiger partial charge in [-0.15, -0.1) is 0 Å². The fourth-order valence-corrected chi connectivity index (χ4v) is 2.63. The topological polar surface area (TPSA) is 38.3 Å². The Labute approximate surface area is 138 Å². The monoisotopic (exact) mass is 349 g/mol. The lowest BCUT2D eigenvalue weighted by Crippen LogP contribution is -2.37. The van der Waals surface area contributed by atoms with Gasteiger partial charge in [0, 0.05) is 11.6 Å². The molecule has 23 heavy (non-hydrogen) atoms. The number of ether oxygens (including phenoxy) is 1. The smallest absolute Gasteiger partial charge is 0.471 e. The first-order chi connectivity index (χ1) is 10.8. The number of hydrogen-bond acceptors (Lipinski definition) is 2. The van der Waals surface area contributed by atoms with E-state index in [4.69, 9.17) is 16.3 Å². The average Bonchev–Trinajstić information content (AvgIpc) is 3.25. The molecule has 7 heteroatoms. The highest BCUT2D eigenvalue weighted by Crippen LogP contribution is 2.50. The summed E-state index contributed by atoms with van der Waals surface area (Å²) < 4.78 is 42.3. The van der Waals surface area contributed by atoms with Crippen molar-refractivity contribution in [2.75, 3.05) is 13.2 Å². The van der Waals surface area contributed by atoms with Crippen molar-refractivity contribution in [1.29, 1.82) is 0 Å². The summed E-state index contributed by atoms with van der Waals surface area (Å²) in [5.41, 5.74) is 0.903. The fraction of sp³-hybridized carbons (Fsp3) is 0.562. The third-order valence-electron chi connectivity index (χ3n) is 3.83. The van der Waals surface area contributed by atoms with Crippen LogP contribution in [0.4, 0.5) is 13.2 Å². The summed E-state index contributed by atoms with van der Waals surface area (Å²) in [5.74, 6) is -1.13. The minimum absolute atomic E-state index is 0.00389. The molecule has 0 heterocycles. The van der Waals surface area contributed by atoms with Crippen LogP contribution in [0.3, 0.4) is 0 Å². The molecule has 0 spiro atoms. The highest BCUT2D eigenvalue weighted by atomic mass is 35.5. The molecule has 2 atom stereocenters. The molecule has 1 aromatic carbocycles. The molecule has 1 fully saturated rings. The van der Waals surface area contributed by atoms with Crippen molar-refractivity contribution in [3.63, 3.8) is 0 Å². The maximum absolute atomic E-state index is 12.2. The van der Waals surface area contributed by atoms with Crippen molar-refractivity contribution < 1.29 is 22.7 Å². The Balaban J connectivity index is 1.95. The summed E-state index contributed by atoms with van der Waals surface area (Å²) >= 11 is 6.01. The molecule has 128 valence electrons. The number of benzene rings is 1. The van der Waals surface area contributed by atoms with Crippen LogP contribution in [0, 0.1) is 5.92 Å². The maximum atomic E-state index is 12.2. The number of unbranched alkanes of at least 4 members (excludes halogenated alkanes) is 1. The minimum Gasteiger partial charge on any atom is -0.493 e. The number of rotatable bonds is 7. The number of carbonyl (C=O) groups excluding carboxylic acids is 1. The van der Waals surface area contributed by atoms with Crippen LogP contribution in [-0.2, 0) is 4.79 Å². The highest BCUT2D eigenvalue weighted by molar-refractivity contribution is 6.30. The van der Waals surface area contributed by atoms with Crippen molar-refractivity contribution in [2.24, 2.45) is 5.92 Å². The molecule has 2 rings (SSSR count). The fourth-order valence-electron chi connectivity index (χ4n) is 2.45. The Kier molecular flexibility index (Phi) is 5.79. The van der Waals surface area contributed by atoms with Gasteiger partial charge < -0.3 is 10.1 Å². The molecular weight excluding hydrogens is 331 g/mol. The van der Waals surface area contributed by atoms with Crippen molar-refractivity contribution in [1.82, 2.24) is 5.32 Å². The number of alkyl halides is 3. The quantitative estimate of drug-likeness (QED) is 0.745. The zero-order valence-corrected chi connectivity index (χ0v) is 13.5. The predicted octanol–water partition coefficient (Wildman–Crippen LogP) is 4.30. The molecule has 0 radical (unpaired) electrons. The summed E-state index contributed by atoms with van der Waals surface area (Å²) in [5, 5.41) is 2.50. The Morgan fingerprint density at radius 2 is 2.17 bits per heavy atom. The van der Waals surface area contributed by atoms with E-state index in [2.05, 4.69) is 6.92 Å². The van der Waals surface area contributed by atoms with E-state index < -0.39 is 12.1 Å². The third kappa shape index (κ3) is 5.03. The first-order valence-electron chi connectivity index (χ1n) is 7.60.